The molecule has 1 aromatic heterocycles. The second kappa shape index (κ2) is 29.4. The van der Waals surface area contributed by atoms with Gasteiger partial charge >= 0.3 is 12.1 Å². The van der Waals surface area contributed by atoms with Gasteiger partial charge in [-0.1, -0.05) is 122 Å². The number of aromatic nitrogens is 1. The lowest BCUT2D eigenvalue weighted by Gasteiger charge is -2.37. The molecular weight excluding hydrogens is 1030 g/mol. The number of rotatable bonds is 27. The Kier molecular flexibility index (Phi) is 23.8. The second-order valence-corrected chi connectivity index (χ2v) is 22.6. The number of phenolic OH excluding ortho intramolecular Hbond substituents is 1. The minimum atomic E-state index is -1.67. The van der Waals surface area contributed by atoms with Gasteiger partial charge in [0, 0.05) is 29.9 Å². The highest BCUT2D eigenvalue weighted by Crippen LogP contribution is 2.24. The number of hydrogen-bond donors (Lipinski definition) is 10. The van der Waals surface area contributed by atoms with Gasteiger partial charge in [-0.3, -0.25) is 33.6 Å². The van der Waals surface area contributed by atoms with E-state index >= 15 is 4.79 Å². The highest BCUT2D eigenvalue weighted by molar-refractivity contribution is 6.03. The number of phenols is 1. The number of carboxylic acid groups (broad SMARTS) is 1. The van der Waals surface area contributed by atoms with Gasteiger partial charge in [-0.15, -0.1) is 0 Å². The van der Waals surface area contributed by atoms with Gasteiger partial charge in [0.1, 0.15) is 53.6 Å². The van der Waals surface area contributed by atoms with Gasteiger partial charge in [-0.2, -0.15) is 0 Å². The molecule has 0 aliphatic carbocycles. The van der Waals surface area contributed by atoms with Crippen LogP contribution in [0, 0.1) is 23.7 Å². The van der Waals surface area contributed by atoms with Crippen molar-refractivity contribution in [3.8, 4) is 5.75 Å². The maximum atomic E-state index is 15.1. The van der Waals surface area contributed by atoms with Crippen molar-refractivity contribution in [2.45, 2.75) is 169 Å². The van der Waals surface area contributed by atoms with E-state index in [9.17, 15) is 48.6 Å². The number of ether oxygens (including phenoxy) is 1. The number of aliphatic carboxylic acids is 1. The quantitative estimate of drug-likeness (QED) is 0.0385. The predicted octanol–water partition coefficient (Wildman–Crippen LogP) is 4.78. The van der Waals surface area contributed by atoms with Crippen LogP contribution in [0.15, 0.2) is 85.1 Å². The van der Waals surface area contributed by atoms with Gasteiger partial charge in [0.2, 0.25) is 35.4 Å². The lowest BCUT2D eigenvalue weighted by molar-refractivity contribution is -0.147. The number of imide groups is 1. The van der Waals surface area contributed by atoms with E-state index in [-0.39, 0.29) is 43.3 Å². The molecule has 4 rings (SSSR count). The lowest BCUT2D eigenvalue weighted by atomic mass is 9.96. The second-order valence-electron chi connectivity index (χ2n) is 22.6. The normalized spacial score (nSPS) is 15.0. The first-order chi connectivity index (χ1) is 37.5. The van der Waals surface area contributed by atoms with Crippen LogP contribution in [0.3, 0.4) is 0 Å². The summed E-state index contributed by atoms with van der Waals surface area (Å²) in [6.45, 7) is 19.7. The number of aromatic amines is 1. The summed E-state index contributed by atoms with van der Waals surface area (Å²) in [7, 11) is 0. The van der Waals surface area contributed by atoms with Gasteiger partial charge in [0.25, 0.3) is 5.91 Å². The van der Waals surface area contributed by atoms with Crippen LogP contribution in [0.2, 0.25) is 0 Å². The van der Waals surface area contributed by atoms with Crippen LogP contribution in [0.25, 0.3) is 10.9 Å². The van der Waals surface area contributed by atoms with Gasteiger partial charge < -0.3 is 57.6 Å². The molecule has 21 nitrogen and oxygen atoms in total. The van der Waals surface area contributed by atoms with E-state index in [1.54, 1.807) is 67.7 Å². The minimum Gasteiger partial charge on any atom is -0.508 e. The molecule has 0 spiro atoms. The van der Waals surface area contributed by atoms with Crippen molar-refractivity contribution >= 4 is 64.3 Å². The number of fused-ring (bicyclic) bond motifs is 1. The average Bonchev–Trinajstić information content (AvgIpc) is 3.80. The highest BCUT2D eigenvalue weighted by Gasteiger charge is 2.45. The molecule has 3 aromatic carbocycles. The molecular formula is C59H83N9O12. The number of carbonyl (C=O) groups excluding carboxylic acids is 8. The van der Waals surface area contributed by atoms with Crippen molar-refractivity contribution in [3.05, 3.63) is 102 Å². The smallest absolute Gasteiger partial charge is 0.417 e. The van der Waals surface area contributed by atoms with Crippen molar-refractivity contribution in [3.63, 3.8) is 0 Å². The number of nitrogens with zero attached hydrogens (tertiary/aromatic N) is 1. The lowest BCUT2D eigenvalue weighted by Crippen LogP contribution is -2.64. The van der Waals surface area contributed by atoms with E-state index in [0.29, 0.717) is 22.4 Å². The minimum absolute atomic E-state index is 0.0550. The Morgan fingerprint density at radius 2 is 1.18 bits per heavy atom. The molecule has 0 saturated heterocycles. The summed E-state index contributed by atoms with van der Waals surface area (Å²) < 4.78 is 5.70. The van der Waals surface area contributed by atoms with Crippen molar-refractivity contribution < 1.29 is 58.1 Å². The fourth-order valence-electron chi connectivity index (χ4n) is 8.91. The molecule has 0 saturated carbocycles. The summed E-state index contributed by atoms with van der Waals surface area (Å²) in [4.78, 5) is 131. The molecule has 80 heavy (non-hydrogen) atoms. The third-order valence-corrected chi connectivity index (χ3v) is 13.5. The predicted molar refractivity (Wildman–Crippen MR) is 302 cm³/mol. The SMILES string of the molecule is CC[C@H](C)[C@H](NC(=O)[C@@H](N)Cc1ccccc1)C(=O)N[C@@H](C)C(=O)N[C@@H](CC(C)C)C(=O)N[C@@H](Cc1c[nH]c2ccccc12)C(=O)N[C@H](C(=O)N(C(=O)OC(C)(C)C)[C@H](C(=O)N[C@@H](Cc1ccc(O)cc1)C(=O)O)C(C)C)C(C)C. The molecule has 21 heteroatoms. The van der Waals surface area contributed by atoms with Crippen LogP contribution in [-0.2, 0) is 62.4 Å². The third kappa shape index (κ3) is 18.9. The number of para-hydroxylation sites is 1. The average molecular weight is 1110 g/mol. The molecule has 0 aliphatic rings. The van der Waals surface area contributed by atoms with Gasteiger partial charge in [-0.05, 0) is 99.1 Å². The number of nitrogens with one attached hydrogen (secondary N) is 7. The van der Waals surface area contributed by atoms with E-state index < -0.39 is 119 Å². The molecule has 1 heterocycles. The molecule has 0 radical (unpaired) electrons. The monoisotopic (exact) mass is 1110 g/mol. The Morgan fingerprint density at radius 1 is 0.613 bits per heavy atom. The van der Waals surface area contributed by atoms with E-state index in [0.717, 1.165) is 16.5 Å². The highest BCUT2D eigenvalue weighted by atomic mass is 16.6. The summed E-state index contributed by atoms with van der Waals surface area (Å²) in [5.74, 6) is -9.27. The molecule has 0 bridgehead atoms. The van der Waals surface area contributed by atoms with Crippen LogP contribution in [0.5, 0.6) is 5.75 Å². The van der Waals surface area contributed by atoms with E-state index in [1.165, 1.54) is 31.2 Å². The van der Waals surface area contributed by atoms with Crippen molar-refractivity contribution in [2.24, 2.45) is 29.4 Å². The maximum absolute atomic E-state index is 15.1. The van der Waals surface area contributed by atoms with Gasteiger partial charge in [-0.25, -0.2) is 14.5 Å². The zero-order chi connectivity index (χ0) is 59.8. The van der Waals surface area contributed by atoms with E-state index in [1.807, 2.05) is 69.3 Å². The van der Waals surface area contributed by atoms with Crippen LogP contribution in [0.1, 0.15) is 113 Å². The molecule has 436 valence electrons. The topological polar surface area (TPSA) is 321 Å². The number of benzene rings is 3. The van der Waals surface area contributed by atoms with Crippen molar-refractivity contribution in [2.75, 3.05) is 0 Å². The zero-order valence-corrected chi connectivity index (χ0v) is 48.0. The first kappa shape index (κ1) is 64.7. The Balaban J connectivity index is 1.65. The number of nitrogens with two attached hydrogens (primary N) is 1. The summed E-state index contributed by atoms with van der Waals surface area (Å²) >= 11 is 0. The van der Waals surface area contributed by atoms with Crippen LogP contribution < -0.4 is 37.6 Å². The van der Waals surface area contributed by atoms with Gasteiger partial charge in [0.15, 0.2) is 0 Å². The van der Waals surface area contributed by atoms with Crippen LogP contribution in [-0.4, -0.2) is 127 Å². The van der Waals surface area contributed by atoms with Crippen molar-refractivity contribution in [1.29, 1.82) is 0 Å². The maximum Gasteiger partial charge on any atom is 0.417 e. The summed E-state index contributed by atoms with van der Waals surface area (Å²) in [6.07, 6.45) is 0.883. The number of H-pyrrole nitrogens is 1. The van der Waals surface area contributed by atoms with E-state index in [4.69, 9.17) is 10.5 Å². The largest absolute Gasteiger partial charge is 0.508 e. The van der Waals surface area contributed by atoms with Crippen LogP contribution >= 0.6 is 0 Å². The Hall–Kier alpha value is -7.81. The molecule has 0 aliphatic heterocycles. The number of carboxylic acids is 1. The first-order valence-corrected chi connectivity index (χ1v) is 27.2. The summed E-state index contributed by atoms with van der Waals surface area (Å²) in [5, 5.41) is 36.9. The number of carbonyl (C=O) groups is 9. The zero-order valence-electron chi connectivity index (χ0n) is 48.0. The Morgan fingerprint density at radius 3 is 1.75 bits per heavy atom. The molecule has 11 N–H and O–H groups in total. The molecule has 4 aromatic rings. The number of aromatic hydroxyl groups is 1. The first-order valence-electron chi connectivity index (χ1n) is 27.2. The van der Waals surface area contributed by atoms with Gasteiger partial charge in [0.05, 0.1) is 6.04 Å². The Labute approximate surface area is 468 Å². The summed E-state index contributed by atoms with van der Waals surface area (Å²) in [5.41, 5.74) is 7.68. The summed E-state index contributed by atoms with van der Waals surface area (Å²) in [6, 6.07) is 11.4. The molecule has 8 amide bonds. The number of hydrogen-bond acceptors (Lipinski definition) is 12. The fraction of sp³-hybridized carbons (Fsp3) is 0.508. The van der Waals surface area contributed by atoms with Crippen molar-refractivity contribution in [1.82, 2.24) is 41.8 Å². The Bertz CT molecular complexity index is 2770. The fourth-order valence-corrected chi connectivity index (χ4v) is 8.91. The van der Waals surface area contributed by atoms with E-state index in [2.05, 4.69) is 36.9 Å². The third-order valence-electron chi connectivity index (χ3n) is 13.5. The molecule has 0 fully saturated rings. The standard InChI is InChI=1S/C59H83N9O12/c1-13-35(8)48(67-51(71)42(60)28-37-19-15-14-16-20-37)54(74)62-36(9)50(70)63-44(27-32(2)3)52(72)64-45(30-39-31-61-43-22-18-17-21-41(39)43)53(73)66-47(33(4)5)56(76)68(58(79)80-59(10,11)12)49(34(6)7)55(75)65-46(57(77)78)29-38-23-25-40(69)26-24-38/h14-26,31-36,42,44-49,61,69H,13,27-30,60H2,1-12H3,(H,62,74)(H,63,70)(H,64,72)(H,65,75)(H,66,73)(H,67,71)(H,77,78)/t35-,36-,42-,44-,45-,46-,47-,48-,49-/m0/s1. The molecule has 9 atom stereocenters. The number of amides is 8. The van der Waals surface area contributed by atoms with Crippen LogP contribution in [0.4, 0.5) is 4.79 Å². The molecule has 0 unspecified atom stereocenters.